The van der Waals surface area contributed by atoms with E-state index < -0.39 is 0 Å². The van der Waals surface area contributed by atoms with Gasteiger partial charge in [0.2, 0.25) is 5.88 Å². The molecule has 1 heterocycles. The van der Waals surface area contributed by atoms with Gasteiger partial charge in [-0.2, -0.15) is 4.98 Å². The molecule has 0 bridgehead atoms. The first-order chi connectivity index (χ1) is 10.2. The first kappa shape index (κ1) is 15.9. The zero-order chi connectivity index (χ0) is 15.1. The normalized spacial score (nSPS) is 16.5. The Morgan fingerprint density at radius 3 is 2.48 bits per heavy atom. The summed E-state index contributed by atoms with van der Waals surface area (Å²) < 4.78 is 5.67. The smallest absolute Gasteiger partial charge is 0.242 e. The van der Waals surface area contributed by atoms with Crippen molar-refractivity contribution in [1.29, 1.82) is 0 Å². The number of nitrogen functional groups attached to an aromatic ring is 1. The molecule has 118 valence electrons. The molecule has 1 aromatic rings. The zero-order valence-electron chi connectivity index (χ0n) is 13.3. The Bertz CT molecular complexity index is 442. The zero-order valence-corrected chi connectivity index (χ0v) is 13.3. The van der Waals surface area contributed by atoms with Crippen LogP contribution in [0.3, 0.4) is 0 Å². The Labute approximate surface area is 127 Å². The molecule has 5 heteroatoms. The van der Waals surface area contributed by atoms with E-state index in [1.54, 1.807) is 0 Å². The fourth-order valence-corrected chi connectivity index (χ4v) is 2.69. The molecule has 0 amide bonds. The van der Waals surface area contributed by atoms with Crippen LogP contribution in [0.15, 0.2) is 0 Å². The van der Waals surface area contributed by atoms with Crippen molar-refractivity contribution < 1.29 is 4.74 Å². The lowest BCUT2D eigenvalue weighted by atomic mass is 10.1. The molecule has 21 heavy (non-hydrogen) atoms. The molecular weight excluding hydrogens is 264 g/mol. The molecule has 0 aromatic carbocycles. The van der Waals surface area contributed by atoms with Crippen molar-refractivity contribution in [2.45, 2.75) is 71.3 Å². The molecule has 0 aliphatic heterocycles. The summed E-state index contributed by atoms with van der Waals surface area (Å²) in [5, 5.41) is 3.52. The van der Waals surface area contributed by atoms with E-state index in [-0.39, 0.29) is 0 Å². The molecule has 1 aliphatic rings. The quantitative estimate of drug-likeness (QED) is 0.784. The van der Waals surface area contributed by atoms with Crippen molar-refractivity contribution in [2.75, 3.05) is 17.7 Å². The van der Waals surface area contributed by atoms with Crippen molar-refractivity contribution >= 4 is 11.5 Å². The first-order valence-electron chi connectivity index (χ1n) is 8.30. The standard InChI is InChI=1S/C16H28N4O/c1-3-11-21-16-14(17)15(19-13(4-2)20-16)18-12-9-7-5-6-8-10-12/h12H,3-11,17H2,1-2H3,(H,18,19,20). The number of nitrogens with one attached hydrogen (secondary N) is 1. The lowest BCUT2D eigenvalue weighted by molar-refractivity contribution is 0.305. The van der Waals surface area contributed by atoms with E-state index in [0.717, 1.165) is 24.5 Å². The van der Waals surface area contributed by atoms with Crippen LogP contribution >= 0.6 is 0 Å². The molecule has 1 saturated carbocycles. The number of rotatable bonds is 6. The number of aromatic nitrogens is 2. The monoisotopic (exact) mass is 292 g/mol. The Hall–Kier alpha value is -1.52. The predicted molar refractivity (Wildman–Crippen MR) is 86.7 cm³/mol. The number of nitrogens with zero attached hydrogens (tertiary/aromatic N) is 2. The molecule has 1 fully saturated rings. The van der Waals surface area contributed by atoms with Crippen LogP contribution in [-0.4, -0.2) is 22.6 Å². The third kappa shape index (κ3) is 4.48. The van der Waals surface area contributed by atoms with Gasteiger partial charge in [-0.25, -0.2) is 4.98 Å². The molecule has 0 radical (unpaired) electrons. The SMILES string of the molecule is CCCOc1nc(CC)nc(NC2CCCCCC2)c1N. The van der Waals surface area contributed by atoms with Gasteiger partial charge in [0.1, 0.15) is 11.5 Å². The number of anilines is 2. The predicted octanol–water partition coefficient (Wildman–Crippen LogP) is 3.54. The highest BCUT2D eigenvalue weighted by molar-refractivity contribution is 5.67. The van der Waals surface area contributed by atoms with E-state index in [1.807, 2.05) is 6.92 Å². The fraction of sp³-hybridized carbons (Fsp3) is 0.750. The summed E-state index contributed by atoms with van der Waals surface area (Å²) in [5.41, 5.74) is 6.74. The molecule has 3 N–H and O–H groups in total. The maximum Gasteiger partial charge on any atom is 0.242 e. The molecule has 0 spiro atoms. The number of nitrogens with two attached hydrogens (primary N) is 1. The van der Waals surface area contributed by atoms with Gasteiger partial charge < -0.3 is 15.8 Å². The Balaban J connectivity index is 2.15. The van der Waals surface area contributed by atoms with Gasteiger partial charge in [-0.05, 0) is 19.3 Å². The lowest BCUT2D eigenvalue weighted by Crippen LogP contribution is -2.21. The second-order valence-corrected chi connectivity index (χ2v) is 5.74. The van der Waals surface area contributed by atoms with E-state index in [9.17, 15) is 0 Å². The third-order valence-corrected chi connectivity index (χ3v) is 3.91. The van der Waals surface area contributed by atoms with Gasteiger partial charge in [-0.1, -0.05) is 39.5 Å². The van der Waals surface area contributed by atoms with Crippen molar-refractivity contribution in [3.05, 3.63) is 5.82 Å². The highest BCUT2D eigenvalue weighted by Gasteiger charge is 2.17. The van der Waals surface area contributed by atoms with Crippen LogP contribution in [0.5, 0.6) is 5.88 Å². The summed E-state index contributed by atoms with van der Waals surface area (Å²) in [6.07, 6.45) is 9.33. The molecule has 2 rings (SSSR count). The Morgan fingerprint density at radius 1 is 1.14 bits per heavy atom. The van der Waals surface area contributed by atoms with Crippen molar-refractivity contribution in [1.82, 2.24) is 9.97 Å². The first-order valence-corrected chi connectivity index (χ1v) is 8.30. The van der Waals surface area contributed by atoms with Crippen LogP contribution in [-0.2, 0) is 6.42 Å². The summed E-state index contributed by atoms with van der Waals surface area (Å²) in [6.45, 7) is 4.75. The van der Waals surface area contributed by atoms with Crippen LogP contribution in [0.25, 0.3) is 0 Å². The highest BCUT2D eigenvalue weighted by Crippen LogP contribution is 2.29. The largest absolute Gasteiger partial charge is 0.476 e. The number of hydrogen-bond donors (Lipinski definition) is 2. The summed E-state index contributed by atoms with van der Waals surface area (Å²) in [5.74, 6) is 2.06. The average Bonchev–Trinajstić information content (AvgIpc) is 2.76. The maximum atomic E-state index is 6.19. The van der Waals surface area contributed by atoms with Crippen molar-refractivity contribution in [3.8, 4) is 5.88 Å². The minimum atomic E-state index is 0.466. The lowest BCUT2D eigenvalue weighted by Gasteiger charge is -2.19. The molecule has 0 saturated heterocycles. The summed E-state index contributed by atoms with van der Waals surface area (Å²) in [6, 6.07) is 0.466. The summed E-state index contributed by atoms with van der Waals surface area (Å²) >= 11 is 0. The molecule has 1 aromatic heterocycles. The number of hydrogen-bond acceptors (Lipinski definition) is 5. The highest BCUT2D eigenvalue weighted by atomic mass is 16.5. The summed E-state index contributed by atoms with van der Waals surface area (Å²) in [4.78, 5) is 8.96. The van der Waals surface area contributed by atoms with Gasteiger partial charge in [-0.3, -0.25) is 0 Å². The van der Waals surface area contributed by atoms with E-state index in [4.69, 9.17) is 10.5 Å². The van der Waals surface area contributed by atoms with E-state index in [1.165, 1.54) is 38.5 Å². The molecule has 1 aliphatic carbocycles. The van der Waals surface area contributed by atoms with Crippen LogP contribution < -0.4 is 15.8 Å². The third-order valence-electron chi connectivity index (χ3n) is 3.91. The Kier molecular flexibility index (Phi) is 6.08. The molecular formula is C16H28N4O. The van der Waals surface area contributed by atoms with Gasteiger partial charge >= 0.3 is 0 Å². The van der Waals surface area contributed by atoms with E-state index >= 15 is 0 Å². The molecule has 0 unspecified atom stereocenters. The van der Waals surface area contributed by atoms with Gasteiger partial charge in [-0.15, -0.1) is 0 Å². The van der Waals surface area contributed by atoms with Gasteiger partial charge in [0, 0.05) is 12.5 Å². The van der Waals surface area contributed by atoms with E-state index in [2.05, 4.69) is 22.2 Å². The number of ether oxygens (including phenoxy) is 1. The van der Waals surface area contributed by atoms with Crippen molar-refractivity contribution in [2.24, 2.45) is 0 Å². The maximum absolute atomic E-state index is 6.19. The summed E-state index contributed by atoms with van der Waals surface area (Å²) in [7, 11) is 0. The average molecular weight is 292 g/mol. The van der Waals surface area contributed by atoms with Gasteiger partial charge in [0.05, 0.1) is 6.61 Å². The second-order valence-electron chi connectivity index (χ2n) is 5.74. The van der Waals surface area contributed by atoms with Crippen molar-refractivity contribution in [3.63, 3.8) is 0 Å². The fourth-order valence-electron chi connectivity index (χ4n) is 2.69. The number of aryl methyl sites for hydroxylation is 1. The Morgan fingerprint density at radius 2 is 1.86 bits per heavy atom. The van der Waals surface area contributed by atoms with Gasteiger partial charge in [0.25, 0.3) is 0 Å². The minimum absolute atomic E-state index is 0.466. The van der Waals surface area contributed by atoms with Crippen LogP contribution in [0.1, 0.15) is 64.6 Å². The molecule has 0 atom stereocenters. The van der Waals surface area contributed by atoms with Crippen LogP contribution in [0, 0.1) is 0 Å². The molecule has 5 nitrogen and oxygen atoms in total. The van der Waals surface area contributed by atoms with E-state index in [0.29, 0.717) is 24.2 Å². The van der Waals surface area contributed by atoms with Crippen LogP contribution in [0.4, 0.5) is 11.5 Å². The minimum Gasteiger partial charge on any atom is -0.476 e. The van der Waals surface area contributed by atoms with Crippen LogP contribution in [0.2, 0.25) is 0 Å². The van der Waals surface area contributed by atoms with Gasteiger partial charge in [0.15, 0.2) is 5.82 Å². The topological polar surface area (TPSA) is 73.1 Å². The second kappa shape index (κ2) is 8.05.